The number of benzene rings is 2. The first kappa shape index (κ1) is 22.7. The zero-order valence-electron chi connectivity index (χ0n) is 19.4. The van der Waals surface area contributed by atoms with E-state index in [-0.39, 0.29) is 35.6 Å². The molecule has 3 aliphatic carbocycles. The molecule has 6 rings (SSSR count). The summed E-state index contributed by atoms with van der Waals surface area (Å²) in [6, 6.07) is 13.3. The second kappa shape index (κ2) is 8.14. The van der Waals surface area contributed by atoms with E-state index < -0.39 is 23.7 Å². The minimum absolute atomic E-state index is 0.0158. The highest BCUT2D eigenvalue weighted by atomic mass is 35.5. The number of allylic oxidation sites excluding steroid dienone is 6. The van der Waals surface area contributed by atoms with Crippen molar-refractivity contribution in [1.29, 1.82) is 0 Å². The number of carbonyl (C=O) groups excluding carboxylic acids is 4. The molecule has 0 saturated carbocycles. The number of amides is 2. The number of phenols is 1. The lowest BCUT2D eigenvalue weighted by molar-refractivity contribution is -0.123. The Labute approximate surface area is 212 Å². The van der Waals surface area contributed by atoms with E-state index in [0.29, 0.717) is 39.4 Å². The van der Waals surface area contributed by atoms with E-state index in [0.717, 1.165) is 5.57 Å². The Bertz CT molecular complexity index is 1460. The van der Waals surface area contributed by atoms with Gasteiger partial charge >= 0.3 is 0 Å². The lowest BCUT2D eigenvalue weighted by Crippen LogP contribution is -2.39. The van der Waals surface area contributed by atoms with Crippen molar-refractivity contribution in [2.45, 2.75) is 25.7 Å². The van der Waals surface area contributed by atoms with E-state index >= 15 is 0 Å². The van der Waals surface area contributed by atoms with E-state index in [2.05, 4.69) is 0 Å². The maximum Gasteiger partial charge on any atom is 0.238 e. The van der Waals surface area contributed by atoms with Gasteiger partial charge in [0, 0.05) is 33.2 Å². The average Bonchev–Trinajstić information content (AvgIpc) is 3.12. The van der Waals surface area contributed by atoms with E-state index in [1.54, 1.807) is 55.5 Å². The van der Waals surface area contributed by atoms with Crippen LogP contribution in [0.3, 0.4) is 0 Å². The Kier molecular flexibility index (Phi) is 5.12. The van der Waals surface area contributed by atoms with Crippen LogP contribution in [0.2, 0.25) is 5.02 Å². The quantitative estimate of drug-likeness (QED) is 0.368. The van der Waals surface area contributed by atoms with Gasteiger partial charge in [0.05, 0.1) is 17.5 Å². The van der Waals surface area contributed by atoms with Crippen LogP contribution < -0.4 is 4.90 Å². The van der Waals surface area contributed by atoms with Gasteiger partial charge in [0.15, 0.2) is 11.6 Å². The molecule has 2 aromatic carbocycles. The predicted molar refractivity (Wildman–Crippen MR) is 133 cm³/mol. The Morgan fingerprint density at radius 2 is 1.67 bits per heavy atom. The van der Waals surface area contributed by atoms with E-state index in [9.17, 15) is 24.3 Å². The molecule has 6 nitrogen and oxygen atoms in total. The van der Waals surface area contributed by atoms with Crippen LogP contribution >= 0.6 is 11.6 Å². The van der Waals surface area contributed by atoms with E-state index in [1.807, 2.05) is 6.08 Å². The highest BCUT2D eigenvalue weighted by Gasteiger charge is 2.56. The summed E-state index contributed by atoms with van der Waals surface area (Å²) in [5, 5.41) is 11.3. The predicted octanol–water partition coefficient (Wildman–Crippen LogP) is 4.68. The Hall–Kier alpha value is -3.77. The standard InChI is InChI=1S/C29H22ClNO5/c1-14-12-23(33)21-13-20-17(24(26(21)27(14)34)18-4-2-3-5-22(18)32)10-11-19-25(20)29(36)31(28(19)35)16-8-6-15(30)7-9-16/h2-10,12,19-20,24-25,32H,11,13H2,1H3. The van der Waals surface area contributed by atoms with Crippen molar-refractivity contribution < 1.29 is 24.3 Å². The summed E-state index contributed by atoms with van der Waals surface area (Å²) in [7, 11) is 0. The van der Waals surface area contributed by atoms with Crippen LogP contribution in [-0.4, -0.2) is 28.5 Å². The van der Waals surface area contributed by atoms with Crippen LogP contribution in [0.15, 0.2) is 83.0 Å². The molecule has 4 atom stereocenters. The number of para-hydroxylation sites is 1. The lowest BCUT2D eigenvalue weighted by Gasteiger charge is -2.42. The third-order valence-corrected chi connectivity index (χ3v) is 8.15. The highest BCUT2D eigenvalue weighted by molar-refractivity contribution is 6.31. The number of fused-ring (bicyclic) bond motifs is 3. The van der Waals surface area contributed by atoms with Crippen LogP contribution in [0.5, 0.6) is 5.75 Å². The van der Waals surface area contributed by atoms with Crippen molar-refractivity contribution in [3.05, 3.63) is 93.6 Å². The topological polar surface area (TPSA) is 91.8 Å². The number of rotatable bonds is 2. The van der Waals surface area contributed by atoms with Gasteiger partial charge in [0.1, 0.15) is 5.75 Å². The molecule has 0 aromatic heterocycles. The molecule has 2 amide bonds. The van der Waals surface area contributed by atoms with Crippen molar-refractivity contribution in [1.82, 2.24) is 0 Å². The van der Waals surface area contributed by atoms with Gasteiger partial charge in [-0.05, 0) is 62.1 Å². The molecule has 2 aromatic rings. The van der Waals surface area contributed by atoms with Crippen molar-refractivity contribution in [3.63, 3.8) is 0 Å². The fraction of sp³-hybridized carbons (Fsp3) is 0.241. The number of carbonyl (C=O) groups is 4. The van der Waals surface area contributed by atoms with Crippen LogP contribution in [0, 0.1) is 17.8 Å². The number of aromatic hydroxyl groups is 1. The number of nitrogens with zero attached hydrogens (tertiary/aromatic N) is 1. The summed E-state index contributed by atoms with van der Waals surface area (Å²) in [5.41, 5.74) is 2.88. The summed E-state index contributed by atoms with van der Waals surface area (Å²) in [6.45, 7) is 1.62. The van der Waals surface area contributed by atoms with Gasteiger partial charge in [0.2, 0.25) is 11.8 Å². The van der Waals surface area contributed by atoms with Gasteiger partial charge in [-0.2, -0.15) is 0 Å². The molecular weight excluding hydrogens is 478 g/mol. The summed E-state index contributed by atoms with van der Waals surface area (Å²) < 4.78 is 0. The van der Waals surface area contributed by atoms with Crippen LogP contribution in [0.1, 0.15) is 31.2 Å². The number of Topliss-reactive ketones (excluding diaryl/α,β-unsaturated/α-hetero) is 1. The van der Waals surface area contributed by atoms with Crippen molar-refractivity contribution in [2.24, 2.45) is 17.8 Å². The van der Waals surface area contributed by atoms with Gasteiger partial charge in [0.25, 0.3) is 0 Å². The van der Waals surface area contributed by atoms with Crippen LogP contribution in [0.4, 0.5) is 5.69 Å². The van der Waals surface area contributed by atoms with Crippen molar-refractivity contribution in [2.75, 3.05) is 4.90 Å². The maximum atomic E-state index is 13.8. The average molecular weight is 500 g/mol. The Morgan fingerprint density at radius 1 is 0.944 bits per heavy atom. The third kappa shape index (κ3) is 3.17. The van der Waals surface area contributed by atoms with Gasteiger partial charge in [-0.25, -0.2) is 0 Å². The SMILES string of the molecule is CC1=CC(=O)C2=C(C1=O)C(c1ccccc1O)C1=CCC3C(=O)N(c4ccc(Cl)cc4)C(=O)C3C1C2. The molecule has 4 unspecified atom stereocenters. The largest absolute Gasteiger partial charge is 0.508 e. The molecule has 1 aliphatic heterocycles. The molecule has 1 saturated heterocycles. The Balaban J connectivity index is 1.49. The first-order valence-electron chi connectivity index (χ1n) is 11.9. The molecule has 180 valence electrons. The highest BCUT2D eigenvalue weighted by Crippen LogP contribution is 2.56. The minimum atomic E-state index is -0.662. The van der Waals surface area contributed by atoms with Gasteiger partial charge in [-0.15, -0.1) is 0 Å². The van der Waals surface area contributed by atoms with Crippen LogP contribution in [0.25, 0.3) is 0 Å². The van der Waals surface area contributed by atoms with Gasteiger partial charge < -0.3 is 5.11 Å². The van der Waals surface area contributed by atoms with Gasteiger partial charge in [-0.3, -0.25) is 24.1 Å². The minimum Gasteiger partial charge on any atom is -0.508 e. The molecule has 0 spiro atoms. The number of anilines is 1. The van der Waals surface area contributed by atoms with E-state index in [1.165, 1.54) is 11.0 Å². The zero-order chi connectivity index (χ0) is 25.3. The first-order valence-corrected chi connectivity index (χ1v) is 12.3. The third-order valence-electron chi connectivity index (χ3n) is 7.90. The normalized spacial score (nSPS) is 27.4. The van der Waals surface area contributed by atoms with E-state index in [4.69, 9.17) is 11.6 Å². The van der Waals surface area contributed by atoms with Crippen molar-refractivity contribution in [3.8, 4) is 5.75 Å². The summed E-state index contributed by atoms with van der Waals surface area (Å²) >= 11 is 6.01. The second-order valence-electron chi connectivity index (χ2n) is 9.78. The van der Waals surface area contributed by atoms with Gasteiger partial charge in [-0.1, -0.05) is 41.4 Å². The number of halogens is 1. The summed E-state index contributed by atoms with van der Waals surface area (Å²) in [6.07, 6.45) is 3.83. The van der Waals surface area contributed by atoms with Crippen LogP contribution in [-0.2, 0) is 19.2 Å². The summed E-state index contributed by atoms with van der Waals surface area (Å²) in [5.74, 6) is -3.37. The molecule has 4 aliphatic rings. The monoisotopic (exact) mass is 499 g/mol. The first-order chi connectivity index (χ1) is 17.3. The molecule has 0 bridgehead atoms. The maximum absolute atomic E-state index is 13.8. The number of ketones is 2. The Morgan fingerprint density at radius 3 is 2.39 bits per heavy atom. The zero-order valence-corrected chi connectivity index (χ0v) is 20.2. The fourth-order valence-corrected chi connectivity index (χ4v) is 6.42. The number of imide groups is 1. The smallest absolute Gasteiger partial charge is 0.238 e. The molecule has 7 heteroatoms. The molecule has 0 radical (unpaired) electrons. The molecule has 1 fully saturated rings. The molecule has 1 heterocycles. The second-order valence-corrected chi connectivity index (χ2v) is 10.2. The number of hydrogen-bond acceptors (Lipinski definition) is 5. The number of phenolic OH excluding ortho intramolecular Hbond substituents is 1. The van der Waals surface area contributed by atoms with Crippen molar-refractivity contribution >= 4 is 40.7 Å². The molecule has 1 N–H and O–H groups in total. The molecular formula is C29H22ClNO5. The number of hydrogen-bond donors (Lipinski definition) is 1. The molecule has 36 heavy (non-hydrogen) atoms. The summed E-state index contributed by atoms with van der Waals surface area (Å²) in [4.78, 5) is 54.9. The lowest BCUT2D eigenvalue weighted by atomic mass is 9.59. The fourth-order valence-electron chi connectivity index (χ4n) is 6.29.